The third-order valence-electron chi connectivity index (χ3n) is 3.97. The number of rotatable bonds is 1. The molecular weight excluding hydrogens is 160 g/mol. The fourth-order valence-electron chi connectivity index (χ4n) is 3.11. The molecule has 1 fully saturated rings. The van der Waals surface area contributed by atoms with Gasteiger partial charge in [-0.25, -0.2) is 0 Å². The third-order valence-corrected chi connectivity index (χ3v) is 3.97. The molecule has 4 atom stereocenters. The highest BCUT2D eigenvalue weighted by molar-refractivity contribution is 5.04. The molecule has 1 nitrogen and oxygen atoms in total. The van der Waals surface area contributed by atoms with Crippen LogP contribution in [0.5, 0.6) is 0 Å². The molecule has 0 bridgehead atoms. The van der Waals surface area contributed by atoms with Crippen LogP contribution in [0.15, 0.2) is 12.2 Å². The van der Waals surface area contributed by atoms with Crippen LogP contribution in [0.25, 0.3) is 0 Å². The van der Waals surface area contributed by atoms with Crippen molar-refractivity contribution in [3.05, 3.63) is 12.2 Å². The van der Waals surface area contributed by atoms with Gasteiger partial charge in [0, 0.05) is 6.61 Å². The van der Waals surface area contributed by atoms with Gasteiger partial charge in [-0.15, -0.1) is 0 Å². The minimum atomic E-state index is 0.382. The zero-order chi connectivity index (χ0) is 9.26. The number of aliphatic hydroxyl groups excluding tert-OH is 1. The van der Waals surface area contributed by atoms with Crippen molar-refractivity contribution < 1.29 is 5.11 Å². The molecule has 0 aromatic rings. The van der Waals surface area contributed by atoms with Crippen molar-refractivity contribution in [2.24, 2.45) is 23.7 Å². The van der Waals surface area contributed by atoms with Crippen LogP contribution in [0.1, 0.15) is 32.6 Å². The lowest BCUT2D eigenvalue weighted by molar-refractivity contribution is 0.0860. The largest absolute Gasteiger partial charge is 0.396 e. The van der Waals surface area contributed by atoms with Gasteiger partial charge >= 0.3 is 0 Å². The number of hydrogen-bond acceptors (Lipinski definition) is 1. The molecule has 1 saturated carbocycles. The number of allylic oxidation sites excluding steroid dienone is 2. The molecule has 0 saturated heterocycles. The van der Waals surface area contributed by atoms with Gasteiger partial charge < -0.3 is 5.11 Å². The first-order valence-electron chi connectivity index (χ1n) is 5.62. The van der Waals surface area contributed by atoms with Gasteiger partial charge in [0.1, 0.15) is 0 Å². The highest BCUT2D eigenvalue weighted by Gasteiger charge is 2.34. The molecule has 0 aliphatic heterocycles. The molecule has 74 valence electrons. The van der Waals surface area contributed by atoms with Crippen molar-refractivity contribution in [2.45, 2.75) is 32.6 Å². The summed E-state index contributed by atoms with van der Waals surface area (Å²) < 4.78 is 0. The Hall–Kier alpha value is -0.300. The van der Waals surface area contributed by atoms with Crippen LogP contribution < -0.4 is 0 Å². The Kier molecular flexibility index (Phi) is 2.73. The molecule has 2 aliphatic carbocycles. The summed E-state index contributed by atoms with van der Waals surface area (Å²) in [6.07, 6.45) is 10.2. The minimum Gasteiger partial charge on any atom is -0.396 e. The van der Waals surface area contributed by atoms with E-state index in [0.717, 1.165) is 11.8 Å². The van der Waals surface area contributed by atoms with Gasteiger partial charge in [-0.3, -0.25) is 0 Å². The highest BCUT2D eigenvalue weighted by Crippen LogP contribution is 2.42. The standard InChI is InChI=1S/C12H20O/c1-9-6-7-10-4-2-3-5-11(10)12(9)8-13/h6-7,9-13H,2-5,8H2,1H3/t9-,10+,11-,12-/m1/s1. The van der Waals surface area contributed by atoms with Crippen LogP contribution in [0.4, 0.5) is 0 Å². The first-order valence-corrected chi connectivity index (χ1v) is 5.62. The Morgan fingerprint density at radius 3 is 2.77 bits per heavy atom. The normalized spacial score (nSPS) is 44.5. The molecule has 1 heteroatoms. The maximum atomic E-state index is 9.37. The predicted octanol–water partition coefficient (Wildman–Crippen LogP) is 2.61. The zero-order valence-electron chi connectivity index (χ0n) is 8.45. The highest BCUT2D eigenvalue weighted by atomic mass is 16.3. The van der Waals surface area contributed by atoms with Gasteiger partial charge in [-0.2, -0.15) is 0 Å². The topological polar surface area (TPSA) is 20.2 Å². The second-order valence-corrected chi connectivity index (χ2v) is 4.70. The van der Waals surface area contributed by atoms with Crippen molar-refractivity contribution >= 4 is 0 Å². The van der Waals surface area contributed by atoms with E-state index in [4.69, 9.17) is 0 Å². The lowest BCUT2D eigenvalue weighted by atomic mass is 9.65. The molecule has 1 N–H and O–H groups in total. The van der Waals surface area contributed by atoms with Crippen molar-refractivity contribution in [3.8, 4) is 0 Å². The SMILES string of the molecule is C[C@@H]1C=C[C@@H]2CCCC[C@H]2[C@@H]1CO. The fourth-order valence-corrected chi connectivity index (χ4v) is 3.11. The maximum Gasteiger partial charge on any atom is 0.0467 e. The van der Waals surface area contributed by atoms with Crippen LogP contribution in [-0.4, -0.2) is 11.7 Å². The van der Waals surface area contributed by atoms with Crippen LogP contribution in [-0.2, 0) is 0 Å². The smallest absolute Gasteiger partial charge is 0.0467 e. The van der Waals surface area contributed by atoms with Gasteiger partial charge in [0.05, 0.1) is 0 Å². The van der Waals surface area contributed by atoms with Gasteiger partial charge in [0.15, 0.2) is 0 Å². The fraction of sp³-hybridized carbons (Fsp3) is 0.833. The van der Waals surface area contributed by atoms with Crippen LogP contribution >= 0.6 is 0 Å². The minimum absolute atomic E-state index is 0.382. The molecule has 0 aromatic heterocycles. The van der Waals surface area contributed by atoms with Crippen LogP contribution in [0.3, 0.4) is 0 Å². The van der Waals surface area contributed by atoms with E-state index in [0.29, 0.717) is 18.4 Å². The molecule has 2 rings (SSSR count). The summed E-state index contributed by atoms with van der Waals surface area (Å²) in [5.74, 6) is 2.68. The van der Waals surface area contributed by atoms with E-state index in [-0.39, 0.29) is 0 Å². The Bertz CT molecular complexity index is 197. The monoisotopic (exact) mass is 180 g/mol. The summed E-state index contributed by atoms with van der Waals surface area (Å²) >= 11 is 0. The molecule has 13 heavy (non-hydrogen) atoms. The molecule has 0 amide bonds. The second-order valence-electron chi connectivity index (χ2n) is 4.70. The van der Waals surface area contributed by atoms with E-state index in [1.54, 1.807) is 0 Å². The zero-order valence-corrected chi connectivity index (χ0v) is 8.45. The van der Waals surface area contributed by atoms with Gasteiger partial charge in [-0.05, 0) is 36.5 Å². The lowest BCUT2D eigenvalue weighted by Crippen LogP contribution is -2.34. The molecular formula is C12H20O. The summed E-state index contributed by atoms with van der Waals surface area (Å²) in [5.41, 5.74) is 0. The third kappa shape index (κ3) is 1.67. The average Bonchev–Trinajstić information content (AvgIpc) is 2.18. The van der Waals surface area contributed by atoms with Crippen molar-refractivity contribution in [3.63, 3.8) is 0 Å². The Morgan fingerprint density at radius 1 is 1.23 bits per heavy atom. The summed E-state index contributed by atoms with van der Waals surface area (Å²) in [6, 6.07) is 0. The number of aliphatic hydroxyl groups is 1. The van der Waals surface area contributed by atoms with E-state index in [1.165, 1.54) is 25.7 Å². The summed E-state index contributed by atoms with van der Waals surface area (Å²) in [6.45, 7) is 2.62. The number of hydrogen-bond donors (Lipinski definition) is 1. The molecule has 0 aromatic carbocycles. The van der Waals surface area contributed by atoms with Gasteiger partial charge in [0.2, 0.25) is 0 Å². The Labute approximate surface area is 80.8 Å². The predicted molar refractivity (Wildman–Crippen MR) is 54.3 cm³/mol. The van der Waals surface area contributed by atoms with Gasteiger partial charge in [-0.1, -0.05) is 31.9 Å². The van der Waals surface area contributed by atoms with Crippen molar-refractivity contribution in [1.82, 2.24) is 0 Å². The first-order chi connectivity index (χ1) is 6.33. The summed E-state index contributed by atoms with van der Waals surface area (Å²) in [5, 5.41) is 9.37. The van der Waals surface area contributed by atoms with Gasteiger partial charge in [0.25, 0.3) is 0 Å². The first kappa shape index (κ1) is 9.26. The van der Waals surface area contributed by atoms with Crippen molar-refractivity contribution in [2.75, 3.05) is 6.61 Å². The van der Waals surface area contributed by atoms with Crippen LogP contribution in [0.2, 0.25) is 0 Å². The maximum absolute atomic E-state index is 9.37. The lowest BCUT2D eigenvalue weighted by Gasteiger charge is -2.40. The molecule has 0 radical (unpaired) electrons. The second kappa shape index (κ2) is 3.83. The van der Waals surface area contributed by atoms with Crippen LogP contribution in [0, 0.1) is 23.7 Å². The Morgan fingerprint density at radius 2 is 2.00 bits per heavy atom. The quantitative estimate of drug-likeness (QED) is 0.615. The Balaban J connectivity index is 2.13. The van der Waals surface area contributed by atoms with E-state index >= 15 is 0 Å². The van der Waals surface area contributed by atoms with E-state index < -0.39 is 0 Å². The van der Waals surface area contributed by atoms with Crippen molar-refractivity contribution in [1.29, 1.82) is 0 Å². The van der Waals surface area contributed by atoms with E-state index in [9.17, 15) is 5.11 Å². The molecule has 2 aliphatic rings. The van der Waals surface area contributed by atoms with E-state index in [2.05, 4.69) is 19.1 Å². The summed E-state index contributed by atoms with van der Waals surface area (Å²) in [7, 11) is 0. The molecule has 0 unspecified atom stereocenters. The molecule has 0 spiro atoms. The van der Waals surface area contributed by atoms with E-state index in [1.807, 2.05) is 0 Å². The number of fused-ring (bicyclic) bond motifs is 1. The average molecular weight is 180 g/mol. The summed E-state index contributed by atoms with van der Waals surface area (Å²) in [4.78, 5) is 0. The molecule has 0 heterocycles.